The number of aryl methyl sites for hydroxylation is 1. The Balaban J connectivity index is 1.58. The summed E-state index contributed by atoms with van der Waals surface area (Å²) in [4.78, 5) is 20.0. The Morgan fingerprint density at radius 1 is 1.42 bits per heavy atom. The molecule has 1 aliphatic rings. The number of hydrogen-bond acceptors (Lipinski definition) is 6. The molecule has 1 aliphatic heterocycles. The molecule has 4 heterocycles. The van der Waals surface area contributed by atoms with Gasteiger partial charge in [0.05, 0.1) is 11.8 Å². The molecule has 0 bridgehead atoms. The Morgan fingerprint density at radius 3 is 2.96 bits per heavy atom. The molecule has 0 aliphatic carbocycles. The summed E-state index contributed by atoms with van der Waals surface area (Å²) in [6, 6.07) is 3.13. The van der Waals surface area contributed by atoms with E-state index in [1.807, 2.05) is 0 Å². The molecule has 1 saturated heterocycles. The van der Waals surface area contributed by atoms with Crippen molar-refractivity contribution in [3.8, 4) is 0 Å². The van der Waals surface area contributed by atoms with Crippen molar-refractivity contribution < 1.29 is 18.5 Å². The van der Waals surface area contributed by atoms with Crippen molar-refractivity contribution in [1.29, 1.82) is 0 Å². The van der Waals surface area contributed by atoms with Crippen molar-refractivity contribution in [2.24, 2.45) is 5.92 Å². The fourth-order valence-electron chi connectivity index (χ4n) is 3.06. The van der Waals surface area contributed by atoms with Crippen LogP contribution in [0.1, 0.15) is 41.1 Å². The van der Waals surface area contributed by atoms with E-state index in [0.717, 1.165) is 18.4 Å². The van der Waals surface area contributed by atoms with Crippen LogP contribution in [0.5, 0.6) is 0 Å². The number of carbonyl (C=O) groups excluding carboxylic acids is 1. The van der Waals surface area contributed by atoms with E-state index in [-0.39, 0.29) is 17.9 Å². The van der Waals surface area contributed by atoms with E-state index in [0.29, 0.717) is 36.2 Å². The molecule has 1 fully saturated rings. The van der Waals surface area contributed by atoms with E-state index >= 15 is 0 Å². The van der Waals surface area contributed by atoms with E-state index in [9.17, 15) is 4.79 Å². The first-order valence-corrected chi connectivity index (χ1v) is 7.96. The lowest BCUT2D eigenvalue weighted by Crippen LogP contribution is -2.36. The summed E-state index contributed by atoms with van der Waals surface area (Å²) < 4.78 is 16.0. The zero-order valence-electron chi connectivity index (χ0n) is 13.2. The molecule has 8 nitrogen and oxygen atoms in total. The lowest BCUT2D eigenvalue weighted by atomic mass is 9.91. The van der Waals surface area contributed by atoms with Gasteiger partial charge < -0.3 is 24.0 Å². The highest BCUT2D eigenvalue weighted by atomic mass is 16.5. The third-order valence-electron chi connectivity index (χ3n) is 4.32. The number of aromatic amines is 1. The predicted molar refractivity (Wildman–Crippen MR) is 83.3 cm³/mol. The van der Waals surface area contributed by atoms with Crippen LogP contribution in [-0.4, -0.2) is 34.2 Å². The number of carbonyl (C=O) groups is 1. The fraction of sp³-hybridized carbons (Fsp3) is 0.438. The van der Waals surface area contributed by atoms with Gasteiger partial charge in [0.15, 0.2) is 11.4 Å². The van der Waals surface area contributed by atoms with Crippen LogP contribution in [0.3, 0.4) is 0 Å². The van der Waals surface area contributed by atoms with Crippen molar-refractivity contribution in [3.63, 3.8) is 0 Å². The Morgan fingerprint density at radius 2 is 2.25 bits per heavy atom. The standard InChI is InChI=1S/C16H18N4O4/c1-9-17-16(24-20-9)14(10-2-5-22-6-3-10)19-15(21)12-8-13-11(18-12)4-7-23-13/h4,7-8,10,14,18H,2-3,5-6H2,1H3,(H,19,21)/t14-/m0/s1. The molecule has 0 unspecified atom stereocenters. The predicted octanol–water partition coefficient (Wildman–Crippen LogP) is 2.35. The summed E-state index contributed by atoms with van der Waals surface area (Å²) in [6.07, 6.45) is 3.24. The van der Waals surface area contributed by atoms with Crippen molar-refractivity contribution >= 4 is 17.0 Å². The summed E-state index contributed by atoms with van der Waals surface area (Å²) in [5.74, 6) is 0.950. The number of rotatable bonds is 4. The third kappa shape index (κ3) is 2.80. The van der Waals surface area contributed by atoms with Crippen molar-refractivity contribution in [2.75, 3.05) is 13.2 Å². The lowest BCUT2D eigenvalue weighted by Gasteiger charge is -2.28. The van der Waals surface area contributed by atoms with E-state index in [1.165, 1.54) is 0 Å². The van der Waals surface area contributed by atoms with Crippen molar-refractivity contribution in [3.05, 3.63) is 35.8 Å². The normalized spacial score (nSPS) is 17.2. The largest absolute Gasteiger partial charge is 0.463 e. The molecule has 0 aromatic carbocycles. The van der Waals surface area contributed by atoms with E-state index in [2.05, 4.69) is 20.4 Å². The molecule has 1 atom stereocenters. The van der Waals surface area contributed by atoms with Gasteiger partial charge in [-0.15, -0.1) is 0 Å². The number of nitrogens with one attached hydrogen (secondary N) is 2. The second-order valence-electron chi connectivity index (χ2n) is 5.96. The summed E-state index contributed by atoms with van der Waals surface area (Å²) >= 11 is 0. The maximum atomic E-state index is 12.6. The average molecular weight is 330 g/mol. The quantitative estimate of drug-likeness (QED) is 0.760. The summed E-state index contributed by atoms with van der Waals surface area (Å²) in [7, 11) is 0. The van der Waals surface area contributed by atoms with Gasteiger partial charge in [0.2, 0.25) is 5.89 Å². The van der Waals surface area contributed by atoms with Crippen LogP contribution in [0.15, 0.2) is 27.3 Å². The molecule has 1 amide bonds. The van der Waals surface area contributed by atoms with Gasteiger partial charge in [0.1, 0.15) is 11.7 Å². The maximum absolute atomic E-state index is 12.6. The minimum atomic E-state index is -0.336. The Bertz CT molecular complexity index is 815. The van der Waals surface area contributed by atoms with Crippen LogP contribution in [0.25, 0.3) is 11.1 Å². The number of H-pyrrole nitrogens is 1. The van der Waals surface area contributed by atoms with Crippen molar-refractivity contribution in [1.82, 2.24) is 20.4 Å². The van der Waals surface area contributed by atoms with Crippen LogP contribution in [0.4, 0.5) is 0 Å². The average Bonchev–Trinajstić information content (AvgIpc) is 3.29. The smallest absolute Gasteiger partial charge is 0.268 e. The first-order valence-electron chi connectivity index (χ1n) is 7.96. The Hall–Kier alpha value is -2.61. The molecular formula is C16H18N4O4. The van der Waals surface area contributed by atoms with Crippen LogP contribution < -0.4 is 5.32 Å². The first kappa shape index (κ1) is 14.9. The number of amides is 1. The molecule has 4 rings (SSSR count). The summed E-state index contributed by atoms with van der Waals surface area (Å²) in [6.45, 7) is 3.09. The highest BCUT2D eigenvalue weighted by Gasteiger charge is 2.31. The van der Waals surface area contributed by atoms with Crippen LogP contribution in [-0.2, 0) is 4.74 Å². The molecular weight excluding hydrogens is 312 g/mol. The molecule has 3 aromatic rings. The summed E-state index contributed by atoms with van der Waals surface area (Å²) in [5, 5.41) is 6.87. The highest BCUT2D eigenvalue weighted by Crippen LogP contribution is 2.29. The molecule has 24 heavy (non-hydrogen) atoms. The number of aromatic nitrogens is 3. The number of nitrogens with zero attached hydrogens (tertiary/aromatic N) is 2. The minimum absolute atomic E-state index is 0.195. The van der Waals surface area contributed by atoms with Gasteiger partial charge in [-0.05, 0) is 25.7 Å². The summed E-state index contributed by atoms with van der Waals surface area (Å²) in [5.41, 5.74) is 1.88. The topological polar surface area (TPSA) is 106 Å². The SMILES string of the molecule is Cc1noc([C@@H](NC(=O)c2cc3occc3[nH]2)C2CCOCC2)n1. The molecule has 0 radical (unpaired) electrons. The van der Waals surface area contributed by atoms with Gasteiger partial charge in [-0.1, -0.05) is 5.16 Å². The van der Waals surface area contributed by atoms with Gasteiger partial charge in [0, 0.05) is 25.3 Å². The molecule has 2 N–H and O–H groups in total. The second kappa shape index (κ2) is 6.12. The van der Waals surface area contributed by atoms with Crippen LogP contribution >= 0.6 is 0 Å². The number of hydrogen-bond donors (Lipinski definition) is 2. The minimum Gasteiger partial charge on any atom is -0.463 e. The van der Waals surface area contributed by atoms with Gasteiger partial charge in [0.25, 0.3) is 5.91 Å². The van der Waals surface area contributed by atoms with Gasteiger partial charge in [-0.2, -0.15) is 4.98 Å². The number of ether oxygens (including phenoxy) is 1. The zero-order chi connectivity index (χ0) is 16.5. The highest BCUT2D eigenvalue weighted by molar-refractivity contribution is 5.96. The van der Waals surface area contributed by atoms with Crippen LogP contribution in [0, 0.1) is 12.8 Å². The third-order valence-corrected chi connectivity index (χ3v) is 4.32. The maximum Gasteiger partial charge on any atom is 0.268 e. The molecule has 8 heteroatoms. The van der Waals surface area contributed by atoms with E-state index in [1.54, 1.807) is 25.3 Å². The van der Waals surface area contributed by atoms with Gasteiger partial charge >= 0.3 is 0 Å². The molecule has 0 saturated carbocycles. The zero-order valence-corrected chi connectivity index (χ0v) is 13.2. The van der Waals surface area contributed by atoms with Crippen molar-refractivity contribution in [2.45, 2.75) is 25.8 Å². The van der Waals surface area contributed by atoms with Gasteiger partial charge in [-0.3, -0.25) is 4.79 Å². The second-order valence-corrected chi connectivity index (χ2v) is 5.96. The Labute approximate surface area is 137 Å². The van der Waals surface area contributed by atoms with Gasteiger partial charge in [-0.25, -0.2) is 0 Å². The molecule has 3 aromatic heterocycles. The Kier molecular flexibility index (Phi) is 3.81. The van der Waals surface area contributed by atoms with E-state index in [4.69, 9.17) is 13.7 Å². The van der Waals surface area contributed by atoms with Crippen LogP contribution in [0.2, 0.25) is 0 Å². The molecule has 126 valence electrons. The monoisotopic (exact) mass is 330 g/mol. The fourth-order valence-corrected chi connectivity index (χ4v) is 3.06. The number of fused-ring (bicyclic) bond motifs is 1. The lowest BCUT2D eigenvalue weighted by molar-refractivity contribution is 0.0467. The van der Waals surface area contributed by atoms with E-state index < -0.39 is 0 Å². The number of furan rings is 1. The molecule has 0 spiro atoms. The first-order chi connectivity index (χ1) is 11.7.